The van der Waals surface area contributed by atoms with Crippen molar-refractivity contribution < 1.29 is 0 Å². The van der Waals surface area contributed by atoms with Crippen LogP contribution >= 0.6 is 0 Å². The van der Waals surface area contributed by atoms with Gasteiger partial charge in [-0.15, -0.1) is 0 Å². The van der Waals surface area contributed by atoms with Crippen molar-refractivity contribution in [3.8, 4) is 123 Å². The van der Waals surface area contributed by atoms with Crippen LogP contribution in [0.2, 0.25) is 0 Å². The number of hydrogen-bond donors (Lipinski definition) is 0. The van der Waals surface area contributed by atoms with Gasteiger partial charge in [0.15, 0.2) is 0 Å². The van der Waals surface area contributed by atoms with Crippen LogP contribution in [0.4, 0.5) is 0 Å². The molecule has 0 amide bonds. The molecule has 0 unspecified atom stereocenters. The molecule has 118 heavy (non-hydrogen) atoms. The Labute approximate surface area is 684 Å². The van der Waals surface area contributed by atoms with E-state index in [1.807, 2.05) is 0 Å². The Bertz CT molecular complexity index is 7690. The molecule has 4 heterocycles. The fourth-order valence-corrected chi connectivity index (χ4v) is 18.2. The predicted octanol–water partition coefficient (Wildman–Crippen LogP) is 30.8. The summed E-state index contributed by atoms with van der Waals surface area (Å²) in [5.41, 5.74) is 35.6. The van der Waals surface area contributed by atoms with Crippen molar-refractivity contribution >= 4 is 87.2 Å². The second kappa shape index (κ2) is 29.4. The van der Waals surface area contributed by atoms with Crippen LogP contribution in [-0.2, 0) is 0 Å². The lowest BCUT2D eigenvalue weighted by Gasteiger charge is -2.15. The van der Waals surface area contributed by atoms with Gasteiger partial charge in [-0.1, -0.05) is 334 Å². The normalized spacial score (nSPS) is 11.6. The van der Waals surface area contributed by atoms with Crippen LogP contribution < -0.4 is 0 Å². The van der Waals surface area contributed by atoms with E-state index >= 15 is 0 Å². The van der Waals surface area contributed by atoms with Crippen LogP contribution in [0.25, 0.3) is 210 Å². The first-order valence-corrected chi connectivity index (χ1v) is 40.6. The Hall–Kier alpha value is -15.6. The van der Waals surface area contributed by atoms with Gasteiger partial charge >= 0.3 is 0 Å². The molecule has 0 aliphatic heterocycles. The van der Waals surface area contributed by atoms with Crippen LogP contribution in [0, 0.1) is 0 Å². The van der Waals surface area contributed by atoms with Crippen LogP contribution in [0.3, 0.4) is 0 Å². The minimum Gasteiger partial charge on any atom is -0.309 e. The number of hydrogen-bond acceptors (Lipinski definition) is 0. The summed E-state index contributed by atoms with van der Waals surface area (Å²) >= 11 is 0. The maximum atomic E-state index is 2.45. The average molecular weight is 1500 g/mol. The third kappa shape index (κ3) is 12.4. The molecule has 0 atom stereocenters. The summed E-state index contributed by atoms with van der Waals surface area (Å²) in [6.45, 7) is 0. The molecule has 4 aromatic heterocycles. The van der Waals surface area contributed by atoms with E-state index in [0.29, 0.717) is 0 Å². The molecule has 0 fully saturated rings. The van der Waals surface area contributed by atoms with Crippen LogP contribution in [0.5, 0.6) is 0 Å². The number of benzene rings is 19. The molecular weight excluding hydrogens is 1430 g/mol. The highest BCUT2D eigenvalue weighted by Crippen LogP contribution is 2.44. The fourth-order valence-electron chi connectivity index (χ4n) is 18.2. The Morgan fingerprint density at radius 2 is 0.271 bits per heavy atom. The standard InChI is InChI=1S/C60H40N2.C54H36N2/c1-4-15-41(16-5-1)44-27-29-45(30-28-44)49-35-50(38-52(37-49)62-58-26-13-11-24-54(58)55-39-47(31-33-60(55)62)43-19-8-3-9-20-43)48-32-34-59-56(40-48)53-23-10-12-25-57(53)61(59)51-22-14-21-46(36-51)42-17-6-2-7-18-42;1-3-14-37(15-4-1)39-26-28-40(29-27-39)43-32-44(35-46(34-43)56-51-23-10-7-20-47(51)48-21-8-11-24-52(48)56)42-30-31-54-50(36-42)49-22-9-12-25-53(49)55(54)45-19-13-18-41(33-45)38-16-5-2-6-17-38/h1-40H;1-36H. The molecule has 0 bridgehead atoms. The summed E-state index contributed by atoms with van der Waals surface area (Å²) < 4.78 is 9.71. The van der Waals surface area contributed by atoms with E-state index in [2.05, 4.69) is 479 Å². The molecule has 19 aromatic carbocycles. The van der Waals surface area contributed by atoms with Gasteiger partial charge in [-0.2, -0.15) is 0 Å². The predicted molar refractivity (Wildman–Crippen MR) is 499 cm³/mol. The Morgan fingerprint density at radius 3 is 0.568 bits per heavy atom. The molecule has 0 saturated carbocycles. The lowest BCUT2D eigenvalue weighted by molar-refractivity contribution is 1.18. The van der Waals surface area contributed by atoms with Gasteiger partial charge < -0.3 is 18.3 Å². The zero-order valence-electron chi connectivity index (χ0n) is 64.7. The van der Waals surface area contributed by atoms with E-state index in [1.165, 1.54) is 187 Å². The topological polar surface area (TPSA) is 19.7 Å². The lowest BCUT2D eigenvalue weighted by atomic mass is 9.95. The third-order valence-electron chi connectivity index (χ3n) is 23.8. The fraction of sp³-hybridized carbons (Fsp3) is 0. The monoisotopic (exact) mass is 1500 g/mol. The summed E-state index contributed by atoms with van der Waals surface area (Å²) in [5.74, 6) is 0. The Balaban J connectivity index is 0.000000143. The van der Waals surface area contributed by atoms with Gasteiger partial charge in [-0.3, -0.25) is 0 Å². The van der Waals surface area contributed by atoms with Crippen molar-refractivity contribution in [3.63, 3.8) is 0 Å². The molecule has 0 aliphatic carbocycles. The van der Waals surface area contributed by atoms with E-state index in [0.717, 1.165) is 22.7 Å². The Morgan fingerprint density at radius 1 is 0.0932 bits per heavy atom. The summed E-state index contributed by atoms with van der Waals surface area (Å²) in [7, 11) is 0. The molecule has 0 aliphatic rings. The van der Waals surface area contributed by atoms with E-state index in [9.17, 15) is 0 Å². The first-order valence-electron chi connectivity index (χ1n) is 40.6. The van der Waals surface area contributed by atoms with E-state index in [-0.39, 0.29) is 0 Å². The van der Waals surface area contributed by atoms with E-state index < -0.39 is 0 Å². The minimum absolute atomic E-state index is 1.13. The quantitative estimate of drug-likeness (QED) is 0.110. The minimum atomic E-state index is 1.13. The van der Waals surface area contributed by atoms with Gasteiger partial charge in [0.2, 0.25) is 0 Å². The van der Waals surface area contributed by atoms with Crippen molar-refractivity contribution in [2.75, 3.05) is 0 Å². The van der Waals surface area contributed by atoms with Gasteiger partial charge in [0, 0.05) is 65.8 Å². The molecule has 23 aromatic rings. The Kier molecular flexibility index (Phi) is 17.2. The van der Waals surface area contributed by atoms with Crippen molar-refractivity contribution in [1.82, 2.24) is 18.3 Å². The molecular formula is C114H76N4. The maximum absolute atomic E-state index is 2.45. The van der Waals surface area contributed by atoms with E-state index in [1.54, 1.807) is 0 Å². The molecule has 4 nitrogen and oxygen atoms in total. The largest absolute Gasteiger partial charge is 0.309 e. The summed E-state index contributed by atoms with van der Waals surface area (Å²) in [6, 6.07) is 168. The summed E-state index contributed by atoms with van der Waals surface area (Å²) in [6.07, 6.45) is 0. The van der Waals surface area contributed by atoms with Gasteiger partial charge in [-0.25, -0.2) is 0 Å². The van der Waals surface area contributed by atoms with Gasteiger partial charge in [0.05, 0.1) is 44.1 Å². The number of nitrogens with zero attached hydrogens (tertiary/aromatic N) is 4. The first-order chi connectivity index (χ1) is 58.5. The first kappa shape index (κ1) is 69.1. The third-order valence-corrected chi connectivity index (χ3v) is 23.8. The summed E-state index contributed by atoms with van der Waals surface area (Å²) in [5, 5.41) is 9.94. The molecule has 0 spiro atoms. The number of fused-ring (bicyclic) bond motifs is 12. The van der Waals surface area contributed by atoms with E-state index in [4.69, 9.17) is 0 Å². The molecule has 0 N–H and O–H groups in total. The molecule has 552 valence electrons. The maximum Gasteiger partial charge on any atom is 0.0541 e. The molecule has 0 radical (unpaired) electrons. The SMILES string of the molecule is c1ccc(-c2ccc(-c3cc(-c4ccc5c(c4)c4ccccc4n5-c4cccc(-c5ccccc5)c4)cc(-n4c5ccccc5c5cc(-c6ccccc6)ccc54)c3)cc2)cc1.c1ccc(-c2ccc(-c3cc(-c4ccc5c(c4)c4ccccc4n5-c4cccc(-c5ccccc5)c4)cc(-n4c5ccccc5c5ccccc54)c3)cc2)cc1. The van der Waals surface area contributed by atoms with Crippen LogP contribution in [-0.4, -0.2) is 18.3 Å². The van der Waals surface area contributed by atoms with Crippen molar-refractivity contribution in [2.24, 2.45) is 0 Å². The van der Waals surface area contributed by atoms with Gasteiger partial charge in [0.1, 0.15) is 0 Å². The zero-order valence-corrected chi connectivity index (χ0v) is 64.7. The zero-order chi connectivity index (χ0) is 78.0. The number of rotatable bonds is 13. The van der Waals surface area contributed by atoms with Crippen molar-refractivity contribution in [3.05, 3.63) is 461 Å². The van der Waals surface area contributed by atoms with Crippen molar-refractivity contribution in [2.45, 2.75) is 0 Å². The molecule has 4 heteroatoms. The smallest absolute Gasteiger partial charge is 0.0541 e. The van der Waals surface area contributed by atoms with Gasteiger partial charge in [-0.05, 0) is 228 Å². The van der Waals surface area contributed by atoms with Crippen LogP contribution in [0.1, 0.15) is 0 Å². The van der Waals surface area contributed by atoms with Crippen molar-refractivity contribution in [1.29, 1.82) is 0 Å². The number of aromatic nitrogens is 4. The van der Waals surface area contributed by atoms with Gasteiger partial charge in [0.25, 0.3) is 0 Å². The average Bonchev–Trinajstić information content (AvgIpc) is 1.59. The highest BCUT2D eigenvalue weighted by atomic mass is 15.0. The second-order valence-corrected chi connectivity index (χ2v) is 30.7. The molecule has 23 rings (SSSR count). The number of para-hydroxylation sites is 5. The molecule has 0 saturated heterocycles. The highest BCUT2D eigenvalue weighted by Gasteiger charge is 2.22. The lowest BCUT2D eigenvalue weighted by Crippen LogP contribution is -1.96. The van der Waals surface area contributed by atoms with Crippen LogP contribution in [0.15, 0.2) is 461 Å². The second-order valence-electron chi connectivity index (χ2n) is 30.7. The highest BCUT2D eigenvalue weighted by molar-refractivity contribution is 6.14. The summed E-state index contributed by atoms with van der Waals surface area (Å²) in [4.78, 5) is 0.